The zero-order valence-corrected chi connectivity index (χ0v) is 16.2. The van der Waals surface area contributed by atoms with Gasteiger partial charge in [0.1, 0.15) is 6.17 Å². The maximum Gasteiger partial charge on any atom is 0.257 e. The summed E-state index contributed by atoms with van der Waals surface area (Å²) in [5.74, 6) is 1.40. The van der Waals surface area contributed by atoms with Crippen LogP contribution in [0, 0.1) is 0 Å². The second kappa shape index (κ2) is 6.73. The molecule has 0 radical (unpaired) electrons. The van der Waals surface area contributed by atoms with Gasteiger partial charge < -0.3 is 24.4 Å². The molecule has 0 spiro atoms. The van der Waals surface area contributed by atoms with E-state index in [-0.39, 0.29) is 25.0 Å². The topological polar surface area (TPSA) is 60.0 Å². The highest BCUT2D eigenvalue weighted by atomic mass is 79.9. The van der Waals surface area contributed by atoms with Crippen LogP contribution in [0.3, 0.4) is 0 Å². The molecule has 0 unspecified atom stereocenters. The van der Waals surface area contributed by atoms with Gasteiger partial charge in [0.2, 0.25) is 6.79 Å². The third-order valence-corrected chi connectivity index (χ3v) is 5.80. The van der Waals surface area contributed by atoms with E-state index < -0.39 is 0 Å². The van der Waals surface area contributed by atoms with Crippen molar-refractivity contribution in [2.24, 2.45) is 0 Å². The number of ether oxygens (including phenoxy) is 3. The van der Waals surface area contributed by atoms with Crippen molar-refractivity contribution >= 4 is 27.5 Å². The first-order chi connectivity index (χ1) is 13.2. The summed E-state index contributed by atoms with van der Waals surface area (Å²) in [6.07, 6.45) is 1.78. The summed E-state index contributed by atoms with van der Waals surface area (Å²) >= 11 is 3.56. The van der Waals surface area contributed by atoms with Crippen molar-refractivity contribution in [1.82, 2.24) is 4.90 Å². The maximum atomic E-state index is 13.3. The predicted molar refractivity (Wildman–Crippen MR) is 103 cm³/mol. The molecule has 27 heavy (non-hydrogen) atoms. The lowest BCUT2D eigenvalue weighted by Crippen LogP contribution is -2.46. The number of rotatable bonds is 3. The van der Waals surface area contributed by atoms with Crippen molar-refractivity contribution in [2.45, 2.75) is 25.1 Å². The average molecular weight is 431 g/mol. The van der Waals surface area contributed by atoms with Crippen LogP contribution in [0.15, 0.2) is 40.9 Å². The molecule has 6 nitrogen and oxygen atoms in total. The molecule has 2 atom stereocenters. The Hall–Kier alpha value is -2.25. The molecule has 2 aromatic rings. The van der Waals surface area contributed by atoms with Gasteiger partial charge >= 0.3 is 0 Å². The molecule has 3 heterocycles. The van der Waals surface area contributed by atoms with Gasteiger partial charge in [-0.25, -0.2) is 0 Å². The summed E-state index contributed by atoms with van der Waals surface area (Å²) in [5, 5.41) is 3.52. The van der Waals surface area contributed by atoms with Crippen LogP contribution >= 0.6 is 15.9 Å². The van der Waals surface area contributed by atoms with E-state index in [1.54, 1.807) is 0 Å². The zero-order chi connectivity index (χ0) is 18.4. The number of benzene rings is 2. The largest absolute Gasteiger partial charge is 0.454 e. The molecule has 1 N–H and O–H groups in total. The standard InChI is InChI=1S/C20H19BrN2O4/c21-15-8-12(9-17-18(15)27-11-26-17)19-22-16-6-2-1-5-14(16)20(24)23(19)10-13-4-3-7-25-13/h1-2,5-6,8-9,13,19,22H,3-4,7,10-11H2/t13-,19-/m0/s1. The molecule has 2 aromatic carbocycles. The quantitative estimate of drug-likeness (QED) is 0.799. The molecule has 1 amide bonds. The molecule has 1 fully saturated rings. The summed E-state index contributed by atoms with van der Waals surface area (Å²) in [5.41, 5.74) is 2.46. The highest BCUT2D eigenvalue weighted by Gasteiger charge is 2.36. The lowest BCUT2D eigenvalue weighted by Gasteiger charge is -2.39. The normalized spacial score (nSPS) is 23.3. The Balaban J connectivity index is 1.55. The molecule has 0 aromatic heterocycles. The molecular weight excluding hydrogens is 412 g/mol. The maximum absolute atomic E-state index is 13.3. The fourth-order valence-electron chi connectivity index (χ4n) is 3.90. The number of halogens is 1. The number of hydrogen-bond acceptors (Lipinski definition) is 5. The number of anilines is 1. The third kappa shape index (κ3) is 2.95. The first-order valence-electron chi connectivity index (χ1n) is 9.08. The average Bonchev–Trinajstić information content (AvgIpc) is 3.35. The molecular formula is C20H19BrN2O4. The first-order valence-corrected chi connectivity index (χ1v) is 9.87. The van der Waals surface area contributed by atoms with Crippen molar-refractivity contribution in [1.29, 1.82) is 0 Å². The van der Waals surface area contributed by atoms with E-state index in [2.05, 4.69) is 21.2 Å². The number of carbonyl (C=O) groups is 1. The molecule has 3 aliphatic heterocycles. The van der Waals surface area contributed by atoms with E-state index >= 15 is 0 Å². The molecule has 0 aliphatic carbocycles. The van der Waals surface area contributed by atoms with Gasteiger partial charge in [0.05, 0.1) is 16.1 Å². The SMILES string of the molecule is O=C1c2ccccc2N[C@H](c2cc(Br)c3c(c2)OCO3)N1C[C@@H]1CCCO1. The number of amides is 1. The molecule has 3 aliphatic rings. The molecule has 0 bridgehead atoms. The minimum atomic E-state index is -0.303. The first kappa shape index (κ1) is 16.9. The third-order valence-electron chi connectivity index (χ3n) is 5.21. The van der Waals surface area contributed by atoms with E-state index in [0.717, 1.165) is 35.2 Å². The summed E-state index contributed by atoms with van der Waals surface area (Å²) in [4.78, 5) is 15.1. The molecule has 0 saturated carbocycles. The number of hydrogen-bond donors (Lipinski definition) is 1. The van der Waals surface area contributed by atoms with Crippen molar-refractivity contribution in [3.63, 3.8) is 0 Å². The fourth-order valence-corrected chi connectivity index (χ4v) is 4.47. The van der Waals surface area contributed by atoms with E-state index in [1.807, 2.05) is 41.3 Å². The number of nitrogens with one attached hydrogen (secondary N) is 1. The van der Waals surface area contributed by atoms with Crippen LogP contribution in [0.5, 0.6) is 11.5 Å². The van der Waals surface area contributed by atoms with Gasteiger partial charge in [-0.15, -0.1) is 0 Å². The Morgan fingerprint density at radius 3 is 2.96 bits per heavy atom. The van der Waals surface area contributed by atoms with Crippen LogP contribution in [-0.2, 0) is 4.74 Å². The van der Waals surface area contributed by atoms with Crippen LogP contribution in [0.25, 0.3) is 0 Å². The molecule has 140 valence electrons. The number of nitrogens with zero attached hydrogens (tertiary/aromatic N) is 1. The van der Waals surface area contributed by atoms with Crippen LogP contribution < -0.4 is 14.8 Å². The second-order valence-electron chi connectivity index (χ2n) is 6.92. The molecule has 7 heteroatoms. The van der Waals surface area contributed by atoms with Crippen LogP contribution in [0.4, 0.5) is 5.69 Å². The Morgan fingerprint density at radius 2 is 2.11 bits per heavy atom. The van der Waals surface area contributed by atoms with E-state index in [9.17, 15) is 4.79 Å². The summed E-state index contributed by atoms with van der Waals surface area (Å²) in [6.45, 7) is 1.52. The van der Waals surface area contributed by atoms with Gasteiger partial charge in [0, 0.05) is 18.8 Å². The van der Waals surface area contributed by atoms with Crippen LogP contribution in [0.1, 0.15) is 34.9 Å². The van der Waals surface area contributed by atoms with Crippen LogP contribution in [-0.4, -0.2) is 36.9 Å². The minimum absolute atomic E-state index is 0.0126. The van der Waals surface area contributed by atoms with Gasteiger partial charge in [-0.1, -0.05) is 12.1 Å². The van der Waals surface area contributed by atoms with Gasteiger partial charge in [-0.3, -0.25) is 4.79 Å². The van der Waals surface area contributed by atoms with Crippen molar-refractivity contribution in [3.05, 3.63) is 52.0 Å². The summed E-state index contributed by atoms with van der Waals surface area (Å²) in [6, 6.07) is 11.5. The van der Waals surface area contributed by atoms with E-state index in [0.29, 0.717) is 23.6 Å². The molecule has 1 saturated heterocycles. The van der Waals surface area contributed by atoms with Gasteiger partial charge in [0.25, 0.3) is 5.91 Å². The predicted octanol–water partition coefficient (Wildman–Crippen LogP) is 3.92. The van der Waals surface area contributed by atoms with Crippen molar-refractivity contribution in [3.8, 4) is 11.5 Å². The lowest BCUT2D eigenvalue weighted by molar-refractivity contribution is 0.0426. The smallest absolute Gasteiger partial charge is 0.257 e. The number of carbonyl (C=O) groups excluding carboxylic acids is 1. The van der Waals surface area contributed by atoms with Gasteiger partial charge in [-0.05, 0) is 58.6 Å². The highest BCUT2D eigenvalue weighted by molar-refractivity contribution is 9.10. The summed E-state index contributed by atoms with van der Waals surface area (Å²) in [7, 11) is 0. The van der Waals surface area contributed by atoms with Gasteiger partial charge in [0.15, 0.2) is 11.5 Å². The van der Waals surface area contributed by atoms with E-state index in [1.165, 1.54) is 0 Å². The fraction of sp³-hybridized carbons (Fsp3) is 0.350. The minimum Gasteiger partial charge on any atom is -0.454 e. The highest BCUT2D eigenvalue weighted by Crippen LogP contribution is 2.43. The van der Waals surface area contributed by atoms with E-state index in [4.69, 9.17) is 14.2 Å². The zero-order valence-electron chi connectivity index (χ0n) is 14.6. The Kier molecular flexibility index (Phi) is 4.21. The monoisotopic (exact) mass is 430 g/mol. The number of para-hydroxylation sites is 1. The van der Waals surface area contributed by atoms with Crippen LogP contribution in [0.2, 0.25) is 0 Å². The van der Waals surface area contributed by atoms with Crippen molar-refractivity contribution < 1.29 is 19.0 Å². The number of fused-ring (bicyclic) bond motifs is 2. The Morgan fingerprint density at radius 1 is 1.22 bits per heavy atom. The summed E-state index contributed by atoms with van der Waals surface area (Å²) < 4.78 is 17.7. The van der Waals surface area contributed by atoms with Gasteiger partial charge in [-0.2, -0.15) is 0 Å². The lowest BCUT2D eigenvalue weighted by atomic mass is 10.0. The second-order valence-corrected chi connectivity index (χ2v) is 7.78. The van der Waals surface area contributed by atoms with Crippen molar-refractivity contribution in [2.75, 3.05) is 25.3 Å². The Bertz CT molecular complexity index is 898. The Labute approximate surface area is 165 Å². The molecule has 5 rings (SSSR count).